The highest BCUT2D eigenvalue weighted by molar-refractivity contribution is 7.50. The minimum Gasteiger partial charge on any atom is -0.294 e. The zero-order chi connectivity index (χ0) is 7.49. The van der Waals surface area contributed by atoms with Gasteiger partial charge in [0.2, 0.25) is 0 Å². The van der Waals surface area contributed by atoms with E-state index in [0.29, 0.717) is 0 Å². The predicted octanol–water partition coefficient (Wildman–Crippen LogP) is 1.66. The highest BCUT2D eigenvalue weighted by atomic mass is 31.2. The third kappa shape index (κ3) is 2.94. The van der Waals surface area contributed by atoms with E-state index in [1.54, 1.807) is 6.92 Å². The van der Waals surface area contributed by atoms with Gasteiger partial charge in [0.1, 0.15) is 0 Å². The fourth-order valence-electron chi connectivity index (χ4n) is 0.275. The molecule has 0 aliphatic heterocycles. The largest absolute Gasteiger partial charge is 0.444 e. The number of rotatable bonds is 3. The molecule has 0 saturated heterocycles. The van der Waals surface area contributed by atoms with Gasteiger partial charge >= 0.3 is 7.83 Å². The normalized spacial score (nSPS) is 17.9. The average molecular weight is 155 g/mol. The van der Waals surface area contributed by atoms with Crippen LogP contribution in [-0.2, 0) is 9.09 Å². The topological polar surface area (TPSA) is 29.5 Å². The fourth-order valence-corrected chi connectivity index (χ4v) is 0.824. The van der Waals surface area contributed by atoms with Crippen molar-refractivity contribution in [2.24, 2.45) is 0 Å². The monoisotopic (exact) mass is 155 g/mol. The molecule has 56 valence electrons. The first kappa shape index (κ1) is 9.08. The number of nitrogens with zero attached hydrogens (tertiary/aromatic N) is 1. The van der Waals surface area contributed by atoms with Crippen LogP contribution in [0.15, 0.2) is 0 Å². The lowest BCUT2D eigenvalue weighted by molar-refractivity contribution is 0.264. The molecule has 0 aromatic carbocycles. The molecule has 0 aromatic rings. The summed E-state index contributed by atoms with van der Waals surface area (Å²) in [6.07, 6.45) is 0. The van der Waals surface area contributed by atoms with Crippen molar-refractivity contribution in [3.8, 4) is 0 Å². The molecule has 1 unspecified atom stereocenters. The van der Waals surface area contributed by atoms with Gasteiger partial charge in [0.25, 0.3) is 0 Å². The molecule has 0 aliphatic rings. The Balaban J connectivity index is 3.87. The lowest BCUT2D eigenvalue weighted by atomic mass is 10.9. The molecule has 5 heteroatoms. The standard InChI is InChI=1S/C4H11FNO2P/c1-4-8-9(5,7)6(2)3/h4H2,1-3H3. The molecule has 0 aliphatic carbocycles. The van der Waals surface area contributed by atoms with Crippen molar-refractivity contribution < 1.29 is 13.3 Å². The lowest BCUT2D eigenvalue weighted by Gasteiger charge is -2.13. The molecule has 0 radical (unpaired) electrons. The summed E-state index contributed by atoms with van der Waals surface area (Å²) in [5.74, 6) is 0. The minimum atomic E-state index is -3.93. The Kier molecular flexibility index (Phi) is 3.33. The zero-order valence-electron chi connectivity index (χ0n) is 5.80. The second kappa shape index (κ2) is 3.30. The van der Waals surface area contributed by atoms with Gasteiger partial charge in [-0.15, -0.1) is 4.20 Å². The van der Waals surface area contributed by atoms with Crippen molar-refractivity contribution in [1.82, 2.24) is 4.67 Å². The summed E-state index contributed by atoms with van der Waals surface area (Å²) in [4.78, 5) is 0. The van der Waals surface area contributed by atoms with Crippen molar-refractivity contribution in [2.45, 2.75) is 6.92 Å². The van der Waals surface area contributed by atoms with Crippen LogP contribution in [0.2, 0.25) is 0 Å². The van der Waals surface area contributed by atoms with E-state index >= 15 is 0 Å². The quantitative estimate of drug-likeness (QED) is 0.580. The van der Waals surface area contributed by atoms with E-state index in [4.69, 9.17) is 0 Å². The van der Waals surface area contributed by atoms with Crippen LogP contribution >= 0.6 is 7.83 Å². The SMILES string of the molecule is CCOP(=O)(F)N(C)C. The number of hydrogen-bond donors (Lipinski definition) is 0. The van der Waals surface area contributed by atoms with Crippen LogP contribution in [0.5, 0.6) is 0 Å². The molecule has 0 heterocycles. The third-order valence-corrected chi connectivity index (χ3v) is 2.30. The molecular weight excluding hydrogens is 144 g/mol. The Morgan fingerprint density at radius 3 is 2.22 bits per heavy atom. The molecule has 1 atom stereocenters. The van der Waals surface area contributed by atoms with Gasteiger partial charge in [-0.3, -0.25) is 4.52 Å². The van der Waals surface area contributed by atoms with Crippen molar-refractivity contribution >= 4 is 7.83 Å². The molecule has 0 amide bonds. The van der Waals surface area contributed by atoms with E-state index in [0.717, 1.165) is 4.67 Å². The summed E-state index contributed by atoms with van der Waals surface area (Å²) < 4.78 is 28.3. The van der Waals surface area contributed by atoms with Crippen molar-refractivity contribution in [1.29, 1.82) is 0 Å². The molecular formula is C4H11FNO2P. The Morgan fingerprint density at radius 2 is 2.11 bits per heavy atom. The summed E-state index contributed by atoms with van der Waals surface area (Å²) in [7, 11) is -1.19. The van der Waals surface area contributed by atoms with Gasteiger partial charge in [0.05, 0.1) is 6.61 Å². The van der Waals surface area contributed by atoms with Crippen molar-refractivity contribution in [3.63, 3.8) is 0 Å². The maximum Gasteiger partial charge on any atom is 0.444 e. The van der Waals surface area contributed by atoms with Crippen molar-refractivity contribution in [3.05, 3.63) is 0 Å². The Hall–Kier alpha value is 0.0800. The fraction of sp³-hybridized carbons (Fsp3) is 1.00. The van der Waals surface area contributed by atoms with E-state index in [-0.39, 0.29) is 6.61 Å². The summed E-state index contributed by atoms with van der Waals surface area (Å²) in [5.41, 5.74) is 0. The molecule has 9 heavy (non-hydrogen) atoms. The maximum absolute atomic E-state index is 12.5. The van der Waals surface area contributed by atoms with E-state index in [9.17, 15) is 8.76 Å². The molecule has 0 saturated carbocycles. The van der Waals surface area contributed by atoms with Gasteiger partial charge < -0.3 is 0 Å². The Bertz CT molecular complexity index is 128. The number of hydrogen-bond acceptors (Lipinski definition) is 2. The summed E-state index contributed by atoms with van der Waals surface area (Å²) in [6.45, 7) is 1.72. The molecule has 0 N–H and O–H groups in total. The minimum absolute atomic E-state index is 0.131. The van der Waals surface area contributed by atoms with E-state index in [2.05, 4.69) is 4.52 Å². The Labute approximate surface area is 54.4 Å². The Morgan fingerprint density at radius 1 is 1.67 bits per heavy atom. The smallest absolute Gasteiger partial charge is 0.294 e. The lowest BCUT2D eigenvalue weighted by Crippen LogP contribution is -2.06. The van der Waals surface area contributed by atoms with Gasteiger partial charge in [-0.1, -0.05) is 0 Å². The van der Waals surface area contributed by atoms with Crippen LogP contribution in [0.3, 0.4) is 0 Å². The van der Waals surface area contributed by atoms with Gasteiger partial charge in [-0.25, -0.2) is 9.24 Å². The van der Waals surface area contributed by atoms with Gasteiger partial charge in [0.15, 0.2) is 0 Å². The van der Waals surface area contributed by atoms with Crippen LogP contribution < -0.4 is 0 Å². The highest BCUT2D eigenvalue weighted by Crippen LogP contribution is 2.49. The second-order valence-corrected chi connectivity index (χ2v) is 3.68. The van der Waals surface area contributed by atoms with Crippen LogP contribution in [0.1, 0.15) is 6.92 Å². The average Bonchev–Trinajstić information content (AvgIpc) is 1.65. The van der Waals surface area contributed by atoms with Gasteiger partial charge in [0, 0.05) is 0 Å². The highest BCUT2D eigenvalue weighted by Gasteiger charge is 2.23. The first-order valence-corrected chi connectivity index (χ1v) is 4.09. The first-order valence-electron chi connectivity index (χ1n) is 2.62. The van der Waals surface area contributed by atoms with E-state index in [1.807, 2.05) is 0 Å². The first-order chi connectivity index (χ1) is 4.00. The van der Waals surface area contributed by atoms with Crippen molar-refractivity contribution in [2.75, 3.05) is 20.7 Å². The van der Waals surface area contributed by atoms with Gasteiger partial charge in [-0.05, 0) is 21.0 Å². The molecule has 0 aromatic heterocycles. The molecule has 0 rings (SSSR count). The number of halogens is 1. The predicted molar refractivity (Wildman–Crippen MR) is 34.0 cm³/mol. The van der Waals surface area contributed by atoms with E-state index < -0.39 is 7.83 Å². The molecule has 0 bridgehead atoms. The van der Waals surface area contributed by atoms with E-state index in [1.165, 1.54) is 14.1 Å². The van der Waals surface area contributed by atoms with Crippen LogP contribution in [0, 0.1) is 0 Å². The second-order valence-electron chi connectivity index (χ2n) is 1.72. The van der Waals surface area contributed by atoms with Crippen LogP contribution in [0.4, 0.5) is 4.20 Å². The summed E-state index contributed by atoms with van der Waals surface area (Å²) >= 11 is 0. The molecule has 0 fully saturated rings. The summed E-state index contributed by atoms with van der Waals surface area (Å²) in [6, 6.07) is 0. The van der Waals surface area contributed by atoms with Crippen LogP contribution in [-0.4, -0.2) is 25.4 Å². The molecule has 3 nitrogen and oxygen atoms in total. The molecule has 0 spiro atoms. The third-order valence-electron chi connectivity index (χ3n) is 0.766. The summed E-state index contributed by atoms with van der Waals surface area (Å²) in [5, 5.41) is 0. The van der Waals surface area contributed by atoms with Crippen LogP contribution in [0.25, 0.3) is 0 Å². The van der Waals surface area contributed by atoms with Gasteiger partial charge in [-0.2, -0.15) is 0 Å². The maximum atomic E-state index is 12.5. The zero-order valence-corrected chi connectivity index (χ0v) is 6.69.